The summed E-state index contributed by atoms with van der Waals surface area (Å²) in [4.78, 5) is 20.6. The summed E-state index contributed by atoms with van der Waals surface area (Å²) in [5.74, 6) is 0.896. The molecule has 0 amide bonds. The summed E-state index contributed by atoms with van der Waals surface area (Å²) in [5.41, 5.74) is 3.58. The van der Waals surface area contributed by atoms with Crippen molar-refractivity contribution in [1.82, 2.24) is 24.7 Å². The van der Waals surface area contributed by atoms with Crippen molar-refractivity contribution in [2.24, 2.45) is 0 Å². The van der Waals surface area contributed by atoms with E-state index in [0.717, 1.165) is 27.9 Å². The zero-order valence-corrected chi connectivity index (χ0v) is 14.3. The molecule has 0 fully saturated rings. The van der Waals surface area contributed by atoms with Crippen LogP contribution in [0.25, 0.3) is 22.0 Å². The van der Waals surface area contributed by atoms with Crippen LogP contribution in [0.5, 0.6) is 0 Å². The minimum atomic E-state index is 0.0724. The maximum Gasteiger partial charge on any atom is 0.158 e. The molecule has 0 aliphatic rings. The molecule has 0 radical (unpaired) electrons. The molecule has 4 rings (SSSR count). The van der Waals surface area contributed by atoms with Gasteiger partial charge in [0.15, 0.2) is 5.78 Å². The minimum Gasteiger partial charge on any atom is -0.328 e. The summed E-state index contributed by atoms with van der Waals surface area (Å²) in [7, 11) is 0. The Morgan fingerprint density at radius 2 is 2.00 bits per heavy atom. The number of benzene rings is 1. The molecule has 4 aromatic rings. The first kappa shape index (κ1) is 16.1. The number of hydrogen-bond donors (Lipinski definition) is 0. The van der Waals surface area contributed by atoms with Gasteiger partial charge in [0.2, 0.25) is 0 Å². The third-order valence-electron chi connectivity index (χ3n) is 4.28. The maximum atomic E-state index is 12.3. The summed E-state index contributed by atoms with van der Waals surface area (Å²) < 4.78 is 1.83. The lowest BCUT2D eigenvalue weighted by molar-refractivity contribution is -0.119. The van der Waals surface area contributed by atoms with E-state index in [1.165, 1.54) is 0 Å². The van der Waals surface area contributed by atoms with Crippen molar-refractivity contribution in [1.29, 1.82) is 0 Å². The van der Waals surface area contributed by atoms with Gasteiger partial charge in [0.05, 0.1) is 24.2 Å². The number of carbonyl (C=O) groups is 1. The van der Waals surface area contributed by atoms with Gasteiger partial charge >= 0.3 is 0 Å². The van der Waals surface area contributed by atoms with E-state index in [0.29, 0.717) is 12.2 Å². The number of fused-ring (bicyclic) bond motifs is 1. The standard InChI is InChI=1S/C20H17N5O/c1-14-22-7-8-25(14)13-19(26)11-18-10-17-9-15(4-5-20(17)24-23-18)16-3-2-6-21-12-16/h2-10,12H,11,13H2,1H3. The molecule has 0 bridgehead atoms. The van der Waals surface area contributed by atoms with Gasteiger partial charge in [0.1, 0.15) is 5.82 Å². The molecule has 0 unspecified atom stereocenters. The Bertz CT molecular complexity index is 1070. The Hall–Kier alpha value is -3.41. The molecule has 128 valence electrons. The molecule has 0 aliphatic heterocycles. The molecule has 6 heteroatoms. The van der Waals surface area contributed by atoms with Crippen LogP contribution in [0.2, 0.25) is 0 Å². The van der Waals surface area contributed by atoms with Crippen LogP contribution in [0, 0.1) is 6.92 Å². The lowest BCUT2D eigenvalue weighted by atomic mass is 10.0. The molecule has 26 heavy (non-hydrogen) atoms. The van der Waals surface area contributed by atoms with Crippen molar-refractivity contribution in [3.8, 4) is 11.1 Å². The van der Waals surface area contributed by atoms with E-state index in [2.05, 4.69) is 26.2 Å². The van der Waals surface area contributed by atoms with Gasteiger partial charge in [0, 0.05) is 35.7 Å². The smallest absolute Gasteiger partial charge is 0.158 e. The molecule has 3 aromatic heterocycles. The Morgan fingerprint density at radius 3 is 2.77 bits per heavy atom. The number of Topliss-reactive ketones (excluding diaryl/α,β-unsaturated/α-hetero) is 1. The second-order valence-corrected chi connectivity index (χ2v) is 6.17. The molecule has 0 saturated carbocycles. The number of rotatable bonds is 5. The number of imidazole rings is 1. The van der Waals surface area contributed by atoms with Crippen LogP contribution < -0.4 is 0 Å². The van der Waals surface area contributed by atoms with Crippen molar-refractivity contribution in [3.63, 3.8) is 0 Å². The van der Waals surface area contributed by atoms with Crippen LogP contribution in [0.1, 0.15) is 11.5 Å². The van der Waals surface area contributed by atoms with Gasteiger partial charge < -0.3 is 4.57 Å². The number of nitrogens with zero attached hydrogens (tertiary/aromatic N) is 5. The number of carbonyl (C=O) groups excluding carboxylic acids is 1. The van der Waals surface area contributed by atoms with Crippen molar-refractivity contribution >= 4 is 16.7 Å². The quantitative estimate of drug-likeness (QED) is 0.557. The van der Waals surface area contributed by atoms with Gasteiger partial charge in [0.25, 0.3) is 0 Å². The molecule has 1 aromatic carbocycles. The fourth-order valence-electron chi connectivity index (χ4n) is 2.91. The first-order valence-corrected chi connectivity index (χ1v) is 8.35. The summed E-state index contributed by atoms with van der Waals surface area (Å²) in [5, 5.41) is 9.40. The number of aryl methyl sites for hydroxylation is 1. The Balaban J connectivity index is 1.58. The summed E-state index contributed by atoms with van der Waals surface area (Å²) >= 11 is 0. The van der Waals surface area contributed by atoms with Crippen LogP contribution in [0.15, 0.2) is 61.2 Å². The fraction of sp³-hybridized carbons (Fsp3) is 0.150. The lowest BCUT2D eigenvalue weighted by Gasteiger charge is -2.06. The third-order valence-corrected chi connectivity index (χ3v) is 4.28. The van der Waals surface area contributed by atoms with Gasteiger partial charge in [-0.2, -0.15) is 10.2 Å². The van der Waals surface area contributed by atoms with Crippen LogP contribution in [-0.2, 0) is 17.8 Å². The molecule has 0 N–H and O–H groups in total. The van der Waals surface area contributed by atoms with Gasteiger partial charge in [-0.3, -0.25) is 9.78 Å². The van der Waals surface area contributed by atoms with E-state index in [1.54, 1.807) is 18.6 Å². The Labute approximate surface area is 150 Å². The number of aromatic nitrogens is 5. The number of hydrogen-bond acceptors (Lipinski definition) is 5. The molecule has 0 aliphatic carbocycles. The van der Waals surface area contributed by atoms with E-state index in [-0.39, 0.29) is 12.2 Å². The lowest BCUT2D eigenvalue weighted by Crippen LogP contribution is -2.14. The van der Waals surface area contributed by atoms with Crippen LogP contribution >= 0.6 is 0 Å². The fourth-order valence-corrected chi connectivity index (χ4v) is 2.91. The first-order valence-electron chi connectivity index (χ1n) is 8.35. The third kappa shape index (κ3) is 3.35. The minimum absolute atomic E-state index is 0.0724. The van der Waals surface area contributed by atoms with Crippen molar-refractivity contribution in [2.45, 2.75) is 19.9 Å². The van der Waals surface area contributed by atoms with Gasteiger partial charge in [-0.05, 0) is 36.8 Å². The monoisotopic (exact) mass is 343 g/mol. The highest BCUT2D eigenvalue weighted by Gasteiger charge is 2.09. The second-order valence-electron chi connectivity index (χ2n) is 6.17. The van der Waals surface area contributed by atoms with Crippen LogP contribution in [0.4, 0.5) is 0 Å². The number of ketones is 1. The SMILES string of the molecule is Cc1nccn1CC(=O)Cc1cc2cc(-c3cccnc3)ccc2nn1. The number of pyridine rings is 1. The highest BCUT2D eigenvalue weighted by molar-refractivity contribution is 5.86. The topological polar surface area (TPSA) is 73.6 Å². The summed E-state index contributed by atoms with van der Waals surface area (Å²) in [6.07, 6.45) is 7.32. The van der Waals surface area contributed by atoms with E-state index in [1.807, 2.05) is 48.0 Å². The van der Waals surface area contributed by atoms with E-state index >= 15 is 0 Å². The average molecular weight is 343 g/mol. The van der Waals surface area contributed by atoms with Crippen molar-refractivity contribution < 1.29 is 4.79 Å². The van der Waals surface area contributed by atoms with Gasteiger partial charge in [-0.15, -0.1) is 0 Å². The first-order chi connectivity index (χ1) is 12.7. The summed E-state index contributed by atoms with van der Waals surface area (Å²) in [6.45, 7) is 2.17. The summed E-state index contributed by atoms with van der Waals surface area (Å²) in [6, 6.07) is 11.8. The van der Waals surface area contributed by atoms with Gasteiger partial charge in [-0.25, -0.2) is 4.98 Å². The predicted molar refractivity (Wildman–Crippen MR) is 98.4 cm³/mol. The zero-order chi connectivity index (χ0) is 17.9. The van der Waals surface area contributed by atoms with Crippen molar-refractivity contribution in [3.05, 3.63) is 72.7 Å². The van der Waals surface area contributed by atoms with Crippen LogP contribution in [0.3, 0.4) is 0 Å². The highest BCUT2D eigenvalue weighted by atomic mass is 16.1. The Kier molecular flexibility index (Phi) is 4.23. The van der Waals surface area contributed by atoms with Crippen LogP contribution in [-0.4, -0.2) is 30.5 Å². The van der Waals surface area contributed by atoms with E-state index < -0.39 is 0 Å². The second kappa shape index (κ2) is 6.84. The molecule has 0 spiro atoms. The molecule has 0 atom stereocenters. The predicted octanol–water partition coefficient (Wildman–Crippen LogP) is 3.01. The zero-order valence-electron chi connectivity index (χ0n) is 14.3. The van der Waals surface area contributed by atoms with Gasteiger partial charge in [-0.1, -0.05) is 12.1 Å². The largest absolute Gasteiger partial charge is 0.328 e. The maximum absolute atomic E-state index is 12.3. The molecular weight excluding hydrogens is 326 g/mol. The van der Waals surface area contributed by atoms with Crippen molar-refractivity contribution in [2.75, 3.05) is 0 Å². The Morgan fingerprint density at radius 1 is 1.08 bits per heavy atom. The normalized spacial score (nSPS) is 11.0. The molecule has 0 saturated heterocycles. The van der Waals surface area contributed by atoms with E-state index in [4.69, 9.17) is 0 Å². The highest BCUT2D eigenvalue weighted by Crippen LogP contribution is 2.23. The molecule has 3 heterocycles. The molecular formula is C20H17N5O. The molecule has 6 nitrogen and oxygen atoms in total. The van der Waals surface area contributed by atoms with E-state index in [9.17, 15) is 4.79 Å². The average Bonchev–Trinajstić information content (AvgIpc) is 3.06.